The number of carbonyl (C=O) groups excluding carboxylic acids is 2. The van der Waals surface area contributed by atoms with E-state index in [1.54, 1.807) is 30.5 Å². The highest BCUT2D eigenvalue weighted by Gasteiger charge is 2.21. The predicted octanol–water partition coefficient (Wildman–Crippen LogP) is 3.17. The molecule has 0 saturated heterocycles. The van der Waals surface area contributed by atoms with Crippen LogP contribution in [0.5, 0.6) is 17.2 Å². The van der Waals surface area contributed by atoms with Crippen LogP contribution in [0.1, 0.15) is 11.3 Å². The third kappa shape index (κ3) is 6.83. The van der Waals surface area contributed by atoms with Crippen molar-refractivity contribution < 1.29 is 28.5 Å². The van der Waals surface area contributed by atoms with Gasteiger partial charge in [-0.1, -0.05) is 30.3 Å². The summed E-state index contributed by atoms with van der Waals surface area (Å²) >= 11 is 0. The summed E-state index contributed by atoms with van der Waals surface area (Å²) in [6.45, 7) is 0.563. The Morgan fingerprint density at radius 1 is 1.03 bits per heavy atom. The molecule has 34 heavy (non-hydrogen) atoms. The number of aromatic nitrogens is 1. The number of ether oxygens (including phenoxy) is 4. The minimum Gasteiger partial charge on any atom is -0.487 e. The van der Waals surface area contributed by atoms with Crippen LogP contribution >= 0.6 is 0 Å². The van der Waals surface area contributed by atoms with Crippen molar-refractivity contribution in [1.29, 1.82) is 0 Å². The molecule has 1 amide bonds. The molecule has 0 radical (unpaired) electrons. The van der Waals surface area contributed by atoms with Gasteiger partial charge in [-0.2, -0.15) is 0 Å². The fourth-order valence-corrected chi connectivity index (χ4v) is 3.11. The monoisotopic (exact) mass is 460 g/mol. The fourth-order valence-electron chi connectivity index (χ4n) is 3.11. The van der Waals surface area contributed by atoms with Crippen LogP contribution < -0.4 is 19.5 Å². The quantitative estimate of drug-likeness (QED) is 0.387. The second-order valence-electron chi connectivity index (χ2n) is 7.42. The second-order valence-corrected chi connectivity index (χ2v) is 7.42. The minimum atomic E-state index is -0.614. The highest BCUT2D eigenvalue weighted by Crippen LogP contribution is 2.30. The molecule has 0 aliphatic carbocycles. The molecule has 8 heteroatoms. The lowest BCUT2D eigenvalue weighted by molar-refractivity contribution is -0.143. The van der Waals surface area contributed by atoms with E-state index >= 15 is 0 Å². The first-order chi connectivity index (χ1) is 16.7. The van der Waals surface area contributed by atoms with Crippen molar-refractivity contribution in [3.8, 4) is 17.2 Å². The Balaban J connectivity index is 1.14. The summed E-state index contributed by atoms with van der Waals surface area (Å²) < 4.78 is 22.0. The molecule has 1 atom stereocenters. The number of nitrogens with one attached hydrogen (secondary N) is 1. The van der Waals surface area contributed by atoms with Crippen LogP contribution in [0.25, 0.3) is 6.08 Å². The molecule has 1 N–H and O–H groups in total. The van der Waals surface area contributed by atoms with Crippen molar-refractivity contribution in [3.05, 3.63) is 90.3 Å². The number of amides is 1. The van der Waals surface area contributed by atoms with Crippen molar-refractivity contribution in [2.45, 2.75) is 12.7 Å². The first-order valence-electron chi connectivity index (χ1n) is 10.8. The van der Waals surface area contributed by atoms with Gasteiger partial charge in [0.1, 0.15) is 25.1 Å². The van der Waals surface area contributed by atoms with Crippen molar-refractivity contribution in [2.24, 2.45) is 0 Å². The number of para-hydroxylation sites is 2. The molecule has 4 rings (SSSR count). The average molecular weight is 460 g/mol. The molecule has 0 spiro atoms. The first-order valence-corrected chi connectivity index (χ1v) is 10.8. The molecule has 174 valence electrons. The molecular formula is C26H24N2O6. The van der Waals surface area contributed by atoms with Gasteiger partial charge in [0.15, 0.2) is 18.1 Å². The van der Waals surface area contributed by atoms with Crippen LogP contribution in [0.3, 0.4) is 0 Å². The van der Waals surface area contributed by atoms with Crippen LogP contribution in [0.2, 0.25) is 0 Å². The lowest BCUT2D eigenvalue weighted by Crippen LogP contribution is -2.42. The Labute approximate surface area is 197 Å². The highest BCUT2D eigenvalue weighted by molar-refractivity contribution is 5.89. The van der Waals surface area contributed by atoms with Gasteiger partial charge in [0, 0.05) is 12.3 Å². The number of benzene rings is 2. The molecule has 2 aromatic carbocycles. The Morgan fingerprint density at radius 2 is 1.82 bits per heavy atom. The number of pyridine rings is 1. The summed E-state index contributed by atoms with van der Waals surface area (Å²) in [5, 5.41) is 2.68. The van der Waals surface area contributed by atoms with Crippen LogP contribution in [0.4, 0.5) is 0 Å². The Bertz CT molecular complexity index is 1130. The third-order valence-electron chi connectivity index (χ3n) is 4.84. The lowest BCUT2D eigenvalue weighted by atomic mass is 10.2. The summed E-state index contributed by atoms with van der Waals surface area (Å²) in [6.07, 6.45) is 4.28. The van der Waals surface area contributed by atoms with Crippen molar-refractivity contribution >= 4 is 18.0 Å². The molecule has 0 fully saturated rings. The number of carbonyl (C=O) groups is 2. The predicted molar refractivity (Wildman–Crippen MR) is 124 cm³/mol. The van der Waals surface area contributed by atoms with Crippen LogP contribution in [-0.4, -0.2) is 42.7 Å². The average Bonchev–Trinajstić information content (AvgIpc) is 2.89. The number of fused-ring (bicyclic) bond motifs is 1. The van der Waals surface area contributed by atoms with Crippen LogP contribution in [0.15, 0.2) is 79.0 Å². The summed E-state index contributed by atoms with van der Waals surface area (Å²) in [6, 6.07) is 20.2. The van der Waals surface area contributed by atoms with Gasteiger partial charge in [0.25, 0.3) is 5.91 Å². The Morgan fingerprint density at radius 3 is 2.62 bits per heavy atom. The summed E-state index contributed by atoms with van der Waals surface area (Å²) in [5.41, 5.74) is 1.63. The van der Waals surface area contributed by atoms with Gasteiger partial charge in [-0.05, 0) is 48.0 Å². The van der Waals surface area contributed by atoms with E-state index in [9.17, 15) is 9.59 Å². The molecule has 0 bridgehead atoms. The number of nitrogens with zero attached hydrogens (tertiary/aromatic N) is 1. The lowest BCUT2D eigenvalue weighted by Gasteiger charge is -2.26. The largest absolute Gasteiger partial charge is 0.487 e. The SMILES string of the molecule is O=C(COC(=O)/C=C/c1ccc(OCc2ccccn2)cc1)NCC1COc2ccccc2O1. The summed E-state index contributed by atoms with van der Waals surface area (Å²) in [7, 11) is 0. The maximum absolute atomic E-state index is 12.0. The summed E-state index contributed by atoms with van der Waals surface area (Å²) in [4.78, 5) is 28.1. The molecule has 1 aromatic heterocycles. The van der Waals surface area contributed by atoms with Crippen molar-refractivity contribution in [2.75, 3.05) is 19.8 Å². The van der Waals surface area contributed by atoms with Gasteiger partial charge < -0.3 is 24.3 Å². The van der Waals surface area contributed by atoms with Gasteiger partial charge in [-0.3, -0.25) is 9.78 Å². The van der Waals surface area contributed by atoms with Gasteiger partial charge in [0.2, 0.25) is 0 Å². The molecule has 8 nitrogen and oxygen atoms in total. The number of esters is 1. The number of hydrogen-bond donors (Lipinski definition) is 1. The first kappa shape index (κ1) is 22.8. The van der Waals surface area contributed by atoms with E-state index in [4.69, 9.17) is 18.9 Å². The highest BCUT2D eigenvalue weighted by atomic mass is 16.6. The normalized spacial score (nSPS) is 14.4. The van der Waals surface area contributed by atoms with Crippen LogP contribution in [-0.2, 0) is 20.9 Å². The number of hydrogen-bond acceptors (Lipinski definition) is 7. The fraction of sp³-hybridized carbons (Fsp3) is 0.192. The molecule has 1 aliphatic rings. The maximum Gasteiger partial charge on any atom is 0.331 e. The minimum absolute atomic E-state index is 0.245. The number of rotatable bonds is 9. The van der Waals surface area contributed by atoms with Gasteiger partial charge in [-0.15, -0.1) is 0 Å². The molecule has 1 unspecified atom stereocenters. The smallest absolute Gasteiger partial charge is 0.331 e. The van der Waals surface area contributed by atoms with Crippen LogP contribution in [0, 0.1) is 0 Å². The zero-order valence-electron chi connectivity index (χ0n) is 18.4. The standard InChI is InChI=1S/C26H24N2O6/c29-25(28-15-22-17-32-23-6-1-2-7-24(23)34-22)18-33-26(30)13-10-19-8-11-21(12-9-19)31-16-20-5-3-4-14-27-20/h1-14,22H,15-18H2,(H,28,29)/b13-10+. The van der Waals surface area contributed by atoms with E-state index in [0.29, 0.717) is 30.5 Å². The Kier molecular flexibility index (Phi) is 7.74. The van der Waals surface area contributed by atoms with E-state index in [-0.39, 0.29) is 19.3 Å². The van der Waals surface area contributed by atoms with E-state index < -0.39 is 11.9 Å². The summed E-state index contributed by atoms with van der Waals surface area (Å²) in [5.74, 6) is 0.975. The molecule has 2 heterocycles. The third-order valence-corrected chi connectivity index (χ3v) is 4.84. The zero-order valence-corrected chi connectivity index (χ0v) is 18.4. The topological polar surface area (TPSA) is 96.0 Å². The molecule has 0 saturated carbocycles. The maximum atomic E-state index is 12.0. The van der Waals surface area contributed by atoms with Gasteiger partial charge in [-0.25, -0.2) is 4.79 Å². The van der Waals surface area contributed by atoms with E-state index in [0.717, 1.165) is 11.3 Å². The molecular weight excluding hydrogens is 436 g/mol. The van der Waals surface area contributed by atoms with E-state index in [1.807, 2.05) is 48.5 Å². The Hall–Kier alpha value is -4.33. The van der Waals surface area contributed by atoms with Crippen molar-refractivity contribution in [3.63, 3.8) is 0 Å². The molecule has 3 aromatic rings. The van der Waals surface area contributed by atoms with E-state index in [1.165, 1.54) is 6.08 Å². The van der Waals surface area contributed by atoms with Crippen molar-refractivity contribution in [1.82, 2.24) is 10.3 Å². The van der Waals surface area contributed by atoms with Gasteiger partial charge >= 0.3 is 5.97 Å². The van der Waals surface area contributed by atoms with Gasteiger partial charge in [0.05, 0.1) is 12.2 Å². The zero-order chi connectivity index (χ0) is 23.6. The second kappa shape index (κ2) is 11.5. The molecule has 1 aliphatic heterocycles. The van der Waals surface area contributed by atoms with E-state index in [2.05, 4.69) is 10.3 Å².